The highest BCUT2D eigenvalue weighted by Gasteiger charge is 2.28. The van der Waals surface area contributed by atoms with Crippen molar-refractivity contribution in [1.29, 1.82) is 0 Å². The maximum Gasteiger partial charge on any atom is 0.226 e. The standard InChI is InChI=1S/C17H24N2OS/c20-17(16-4-2-12-21-13-16)19-10-1-3-14(7-11-19)15-5-8-18-9-6-15/h5-6,8-9,14,16H,1-4,7,10-13H2. The Morgan fingerprint density at radius 1 is 1.14 bits per heavy atom. The lowest BCUT2D eigenvalue weighted by molar-refractivity contribution is -0.135. The number of hydrogen-bond acceptors (Lipinski definition) is 3. The molecule has 2 saturated heterocycles. The molecule has 0 radical (unpaired) electrons. The second-order valence-corrected chi connectivity index (χ2v) is 7.30. The van der Waals surface area contributed by atoms with E-state index in [9.17, 15) is 4.79 Å². The Bertz CT molecular complexity index is 459. The summed E-state index contributed by atoms with van der Waals surface area (Å²) in [6, 6.07) is 4.25. The molecule has 2 fully saturated rings. The van der Waals surface area contributed by atoms with E-state index in [-0.39, 0.29) is 5.92 Å². The molecule has 3 rings (SSSR count). The second-order valence-electron chi connectivity index (χ2n) is 6.15. The lowest BCUT2D eigenvalue weighted by atomic mass is 9.93. The smallest absolute Gasteiger partial charge is 0.226 e. The van der Waals surface area contributed by atoms with Gasteiger partial charge in [-0.1, -0.05) is 0 Å². The maximum atomic E-state index is 12.7. The third kappa shape index (κ3) is 3.79. The van der Waals surface area contributed by atoms with E-state index in [0.29, 0.717) is 11.8 Å². The van der Waals surface area contributed by atoms with Gasteiger partial charge in [-0.2, -0.15) is 11.8 Å². The summed E-state index contributed by atoms with van der Waals surface area (Å²) in [6.45, 7) is 1.87. The zero-order valence-corrected chi connectivity index (χ0v) is 13.4. The number of rotatable bonds is 2. The summed E-state index contributed by atoms with van der Waals surface area (Å²) in [5, 5.41) is 0. The predicted molar refractivity (Wildman–Crippen MR) is 87.5 cm³/mol. The number of aromatic nitrogens is 1. The van der Waals surface area contributed by atoms with E-state index in [1.54, 1.807) is 0 Å². The topological polar surface area (TPSA) is 33.2 Å². The molecule has 1 aromatic heterocycles. The van der Waals surface area contributed by atoms with Crippen LogP contribution in [-0.4, -0.2) is 40.4 Å². The van der Waals surface area contributed by atoms with E-state index in [4.69, 9.17) is 0 Å². The van der Waals surface area contributed by atoms with Crippen molar-refractivity contribution in [2.75, 3.05) is 24.6 Å². The van der Waals surface area contributed by atoms with E-state index in [1.807, 2.05) is 24.2 Å². The summed E-state index contributed by atoms with van der Waals surface area (Å²) in [5.41, 5.74) is 1.38. The number of carbonyl (C=O) groups is 1. The van der Waals surface area contributed by atoms with Crippen molar-refractivity contribution >= 4 is 17.7 Å². The highest BCUT2D eigenvalue weighted by Crippen LogP contribution is 2.30. The summed E-state index contributed by atoms with van der Waals surface area (Å²) in [7, 11) is 0. The van der Waals surface area contributed by atoms with Crippen LogP contribution in [0.4, 0.5) is 0 Å². The predicted octanol–water partition coefficient (Wildman–Crippen LogP) is 3.32. The fourth-order valence-corrected chi connectivity index (χ4v) is 4.61. The quantitative estimate of drug-likeness (QED) is 0.840. The molecule has 2 aliphatic heterocycles. The summed E-state index contributed by atoms with van der Waals surface area (Å²) in [5.74, 6) is 3.54. The third-order valence-electron chi connectivity index (χ3n) is 4.73. The highest BCUT2D eigenvalue weighted by molar-refractivity contribution is 7.99. The molecule has 2 atom stereocenters. The Morgan fingerprint density at radius 3 is 2.76 bits per heavy atom. The van der Waals surface area contributed by atoms with Crippen LogP contribution in [0.25, 0.3) is 0 Å². The fourth-order valence-electron chi connectivity index (χ4n) is 3.48. The molecule has 2 aliphatic rings. The third-order valence-corrected chi connectivity index (χ3v) is 5.94. The molecule has 3 heterocycles. The van der Waals surface area contributed by atoms with Gasteiger partial charge in [0.25, 0.3) is 0 Å². The van der Waals surface area contributed by atoms with Gasteiger partial charge in [0.15, 0.2) is 0 Å². The second kappa shape index (κ2) is 7.30. The molecule has 1 aromatic rings. The summed E-state index contributed by atoms with van der Waals surface area (Å²) < 4.78 is 0. The minimum Gasteiger partial charge on any atom is -0.342 e. The Morgan fingerprint density at radius 2 is 2.00 bits per heavy atom. The Kier molecular flexibility index (Phi) is 5.17. The normalized spacial score (nSPS) is 27.1. The van der Waals surface area contributed by atoms with Crippen molar-refractivity contribution < 1.29 is 4.79 Å². The zero-order valence-electron chi connectivity index (χ0n) is 12.5. The summed E-state index contributed by atoms with van der Waals surface area (Å²) >= 11 is 1.94. The monoisotopic (exact) mass is 304 g/mol. The van der Waals surface area contributed by atoms with E-state index >= 15 is 0 Å². The Labute approximate surface area is 131 Å². The van der Waals surface area contributed by atoms with E-state index in [2.05, 4.69) is 22.0 Å². The van der Waals surface area contributed by atoms with Crippen molar-refractivity contribution in [1.82, 2.24) is 9.88 Å². The van der Waals surface area contributed by atoms with E-state index < -0.39 is 0 Å². The van der Waals surface area contributed by atoms with Crippen molar-refractivity contribution in [3.63, 3.8) is 0 Å². The Balaban J connectivity index is 1.59. The number of likely N-dealkylation sites (tertiary alicyclic amines) is 1. The number of nitrogens with zero attached hydrogens (tertiary/aromatic N) is 2. The number of thioether (sulfide) groups is 1. The van der Waals surface area contributed by atoms with Crippen LogP contribution in [0.2, 0.25) is 0 Å². The van der Waals surface area contributed by atoms with Crippen LogP contribution in [0.1, 0.15) is 43.6 Å². The van der Waals surface area contributed by atoms with Gasteiger partial charge in [-0.05, 0) is 61.5 Å². The summed E-state index contributed by atoms with van der Waals surface area (Å²) in [4.78, 5) is 18.9. The largest absolute Gasteiger partial charge is 0.342 e. The van der Waals surface area contributed by atoms with Gasteiger partial charge in [0, 0.05) is 37.2 Å². The average molecular weight is 304 g/mol. The van der Waals surface area contributed by atoms with Gasteiger partial charge in [0.1, 0.15) is 0 Å². The fraction of sp³-hybridized carbons (Fsp3) is 0.647. The molecule has 0 aromatic carbocycles. The van der Waals surface area contributed by atoms with Gasteiger partial charge in [0.2, 0.25) is 5.91 Å². The van der Waals surface area contributed by atoms with Crippen molar-refractivity contribution in [2.24, 2.45) is 5.92 Å². The van der Waals surface area contributed by atoms with Crippen LogP contribution in [0.3, 0.4) is 0 Å². The highest BCUT2D eigenvalue weighted by atomic mass is 32.2. The molecule has 21 heavy (non-hydrogen) atoms. The van der Waals surface area contributed by atoms with Crippen LogP contribution in [-0.2, 0) is 4.79 Å². The molecular weight excluding hydrogens is 280 g/mol. The molecular formula is C17H24N2OS. The van der Waals surface area contributed by atoms with Gasteiger partial charge in [-0.15, -0.1) is 0 Å². The molecule has 1 amide bonds. The number of hydrogen-bond donors (Lipinski definition) is 0. The lowest BCUT2D eigenvalue weighted by Gasteiger charge is -2.28. The zero-order chi connectivity index (χ0) is 14.5. The molecule has 3 nitrogen and oxygen atoms in total. The number of amides is 1. The molecule has 2 unspecified atom stereocenters. The first-order chi connectivity index (χ1) is 10.3. The first-order valence-electron chi connectivity index (χ1n) is 8.11. The molecule has 0 N–H and O–H groups in total. The Hall–Kier alpha value is -1.03. The average Bonchev–Trinajstić information content (AvgIpc) is 2.82. The van der Waals surface area contributed by atoms with Crippen LogP contribution in [0.15, 0.2) is 24.5 Å². The first kappa shape index (κ1) is 14.9. The maximum absolute atomic E-state index is 12.7. The molecule has 0 saturated carbocycles. The van der Waals surface area contributed by atoms with Crippen molar-refractivity contribution in [3.05, 3.63) is 30.1 Å². The van der Waals surface area contributed by atoms with Gasteiger partial charge >= 0.3 is 0 Å². The van der Waals surface area contributed by atoms with Crippen LogP contribution >= 0.6 is 11.8 Å². The van der Waals surface area contributed by atoms with Gasteiger partial charge in [0.05, 0.1) is 0 Å². The van der Waals surface area contributed by atoms with Crippen LogP contribution in [0.5, 0.6) is 0 Å². The van der Waals surface area contributed by atoms with Gasteiger partial charge in [-0.25, -0.2) is 0 Å². The SMILES string of the molecule is O=C(C1CCCSC1)N1CCCC(c2ccncc2)CC1. The number of carbonyl (C=O) groups excluding carboxylic acids is 1. The van der Waals surface area contributed by atoms with Crippen molar-refractivity contribution in [3.8, 4) is 0 Å². The molecule has 114 valence electrons. The number of pyridine rings is 1. The van der Waals surface area contributed by atoms with Gasteiger partial charge in [-0.3, -0.25) is 9.78 Å². The molecule has 0 aliphatic carbocycles. The minimum atomic E-state index is 0.279. The molecule has 0 spiro atoms. The first-order valence-corrected chi connectivity index (χ1v) is 9.26. The van der Waals surface area contributed by atoms with E-state index in [0.717, 1.165) is 38.1 Å². The van der Waals surface area contributed by atoms with Crippen LogP contribution < -0.4 is 0 Å². The van der Waals surface area contributed by atoms with Crippen LogP contribution in [0, 0.1) is 5.92 Å². The minimum absolute atomic E-state index is 0.279. The molecule has 0 bridgehead atoms. The van der Waals surface area contributed by atoms with Crippen molar-refractivity contribution in [2.45, 2.75) is 38.0 Å². The summed E-state index contributed by atoms with van der Waals surface area (Å²) in [6.07, 6.45) is 9.46. The lowest BCUT2D eigenvalue weighted by Crippen LogP contribution is -2.38. The molecule has 4 heteroatoms. The van der Waals surface area contributed by atoms with Gasteiger partial charge < -0.3 is 4.90 Å². The van der Waals surface area contributed by atoms with E-state index in [1.165, 1.54) is 24.2 Å².